The van der Waals surface area contributed by atoms with Gasteiger partial charge in [-0.05, 0) is 17.5 Å². The van der Waals surface area contributed by atoms with E-state index in [2.05, 4.69) is 12.2 Å². The molecule has 1 heterocycles. The lowest BCUT2D eigenvalue weighted by Gasteiger charge is -2.38. The molecular weight excluding hydrogens is 257 g/mol. The Morgan fingerprint density at radius 3 is 2.60 bits per heavy atom. The Labute approximate surface area is 116 Å². The van der Waals surface area contributed by atoms with E-state index in [4.69, 9.17) is 4.74 Å². The summed E-state index contributed by atoms with van der Waals surface area (Å²) >= 11 is 0. The monoisotopic (exact) mass is 273 g/mol. The van der Waals surface area contributed by atoms with Gasteiger partial charge in [0.25, 0.3) is 5.91 Å². The minimum atomic E-state index is -0.309. The Morgan fingerprint density at radius 2 is 1.95 bits per heavy atom. The van der Waals surface area contributed by atoms with Crippen LogP contribution in [-0.4, -0.2) is 25.7 Å². The Balaban J connectivity index is 1.86. The lowest BCUT2D eigenvalue weighted by molar-refractivity contribution is -0.0978. The number of carbonyl (C=O) groups is 1. The van der Waals surface area contributed by atoms with E-state index in [1.807, 2.05) is 0 Å². The normalized spacial score (nSPS) is 16.7. The topological polar surface area (TPSA) is 38.3 Å². The summed E-state index contributed by atoms with van der Waals surface area (Å²) in [6, 6.07) is 9.89. The van der Waals surface area contributed by atoms with Crippen molar-refractivity contribution in [2.45, 2.75) is 6.92 Å². The Hall–Kier alpha value is -1.94. The number of carbonyl (C=O) groups excluding carboxylic acids is 1. The number of rotatable bonds is 3. The lowest BCUT2D eigenvalue weighted by Crippen LogP contribution is -2.48. The Bertz CT molecular complexity index is 665. The van der Waals surface area contributed by atoms with Gasteiger partial charge in [-0.15, -0.1) is 0 Å². The van der Waals surface area contributed by atoms with Crippen LogP contribution in [0.3, 0.4) is 0 Å². The second-order valence-electron chi connectivity index (χ2n) is 5.63. The molecule has 3 rings (SSSR count). The van der Waals surface area contributed by atoms with Crippen LogP contribution < -0.4 is 5.32 Å². The van der Waals surface area contributed by atoms with Crippen LogP contribution in [0.15, 0.2) is 36.4 Å². The maximum Gasteiger partial charge on any atom is 0.251 e. The Kier molecular flexibility index (Phi) is 3.18. The second kappa shape index (κ2) is 4.87. The van der Waals surface area contributed by atoms with Crippen molar-refractivity contribution in [2.75, 3.05) is 19.8 Å². The van der Waals surface area contributed by atoms with Gasteiger partial charge in [-0.1, -0.05) is 31.2 Å². The molecule has 0 spiro atoms. The van der Waals surface area contributed by atoms with Crippen molar-refractivity contribution in [2.24, 2.45) is 5.41 Å². The molecule has 1 saturated heterocycles. The SMILES string of the molecule is CC1(CNC(=O)c2ccc(F)c3ccccc23)COC1. The summed E-state index contributed by atoms with van der Waals surface area (Å²) < 4.78 is 18.9. The molecule has 104 valence electrons. The van der Waals surface area contributed by atoms with Crippen LogP contribution in [0.5, 0.6) is 0 Å². The maximum absolute atomic E-state index is 13.7. The van der Waals surface area contributed by atoms with Crippen LogP contribution in [0, 0.1) is 11.2 Å². The van der Waals surface area contributed by atoms with Crippen LogP contribution >= 0.6 is 0 Å². The first-order valence-corrected chi connectivity index (χ1v) is 6.62. The number of hydrogen-bond donors (Lipinski definition) is 1. The quantitative estimate of drug-likeness (QED) is 0.933. The van der Waals surface area contributed by atoms with Crippen molar-refractivity contribution in [3.05, 3.63) is 47.8 Å². The van der Waals surface area contributed by atoms with Crippen LogP contribution in [0.25, 0.3) is 10.8 Å². The molecule has 0 unspecified atom stereocenters. The van der Waals surface area contributed by atoms with Crippen molar-refractivity contribution in [3.63, 3.8) is 0 Å². The van der Waals surface area contributed by atoms with Gasteiger partial charge in [0, 0.05) is 22.9 Å². The first-order valence-electron chi connectivity index (χ1n) is 6.62. The third-order valence-electron chi connectivity index (χ3n) is 3.69. The summed E-state index contributed by atoms with van der Waals surface area (Å²) in [7, 11) is 0. The van der Waals surface area contributed by atoms with E-state index in [0.29, 0.717) is 36.1 Å². The highest BCUT2D eigenvalue weighted by molar-refractivity contribution is 6.07. The summed E-state index contributed by atoms with van der Waals surface area (Å²) in [4.78, 5) is 12.3. The average Bonchev–Trinajstić information content (AvgIpc) is 2.43. The number of hydrogen-bond acceptors (Lipinski definition) is 2. The largest absolute Gasteiger partial charge is 0.380 e. The summed E-state index contributed by atoms with van der Waals surface area (Å²) in [6.45, 7) is 3.96. The van der Waals surface area contributed by atoms with Crippen LogP contribution in [0.4, 0.5) is 4.39 Å². The molecule has 3 nitrogen and oxygen atoms in total. The van der Waals surface area contributed by atoms with Gasteiger partial charge in [0.15, 0.2) is 0 Å². The van der Waals surface area contributed by atoms with Gasteiger partial charge in [0.2, 0.25) is 0 Å². The van der Waals surface area contributed by atoms with E-state index in [1.165, 1.54) is 12.1 Å². The lowest BCUT2D eigenvalue weighted by atomic mass is 9.88. The number of fused-ring (bicyclic) bond motifs is 1. The molecule has 0 bridgehead atoms. The summed E-state index contributed by atoms with van der Waals surface area (Å²) in [5, 5.41) is 4.02. The standard InChI is InChI=1S/C16H16FNO2/c1-16(9-20-10-16)8-18-15(19)13-6-7-14(17)12-5-3-2-4-11(12)13/h2-7H,8-10H2,1H3,(H,18,19). The molecule has 0 atom stereocenters. The van der Waals surface area contributed by atoms with Crippen molar-refractivity contribution in [3.8, 4) is 0 Å². The predicted octanol–water partition coefficient (Wildman–Crippen LogP) is 2.75. The van der Waals surface area contributed by atoms with E-state index < -0.39 is 0 Å². The number of ether oxygens (including phenoxy) is 1. The van der Waals surface area contributed by atoms with Gasteiger partial charge in [0.1, 0.15) is 5.82 Å². The van der Waals surface area contributed by atoms with Crippen LogP contribution in [0.2, 0.25) is 0 Å². The second-order valence-corrected chi connectivity index (χ2v) is 5.63. The molecule has 4 heteroatoms. The molecular formula is C16H16FNO2. The van der Waals surface area contributed by atoms with Gasteiger partial charge < -0.3 is 10.1 Å². The van der Waals surface area contributed by atoms with E-state index in [-0.39, 0.29) is 17.1 Å². The highest BCUT2D eigenvalue weighted by Crippen LogP contribution is 2.26. The van der Waals surface area contributed by atoms with Crippen molar-refractivity contribution in [1.29, 1.82) is 0 Å². The van der Waals surface area contributed by atoms with Crippen molar-refractivity contribution < 1.29 is 13.9 Å². The Morgan fingerprint density at radius 1 is 1.25 bits per heavy atom. The van der Waals surface area contributed by atoms with Crippen LogP contribution in [0.1, 0.15) is 17.3 Å². The fraction of sp³-hybridized carbons (Fsp3) is 0.312. The highest BCUT2D eigenvalue weighted by Gasteiger charge is 2.33. The first kappa shape index (κ1) is 13.1. The molecule has 2 aromatic rings. The van der Waals surface area contributed by atoms with Gasteiger partial charge in [-0.25, -0.2) is 4.39 Å². The summed E-state index contributed by atoms with van der Waals surface area (Å²) in [6.07, 6.45) is 0. The molecule has 0 radical (unpaired) electrons. The maximum atomic E-state index is 13.7. The average molecular weight is 273 g/mol. The van der Waals surface area contributed by atoms with Gasteiger partial charge in [0.05, 0.1) is 13.2 Å². The molecule has 2 aromatic carbocycles. The van der Waals surface area contributed by atoms with E-state index in [9.17, 15) is 9.18 Å². The molecule has 1 aliphatic heterocycles. The minimum absolute atomic E-state index is 0.0193. The van der Waals surface area contributed by atoms with Gasteiger partial charge >= 0.3 is 0 Å². The first-order chi connectivity index (χ1) is 9.59. The van der Waals surface area contributed by atoms with E-state index in [0.717, 1.165) is 0 Å². The molecule has 1 N–H and O–H groups in total. The zero-order valence-corrected chi connectivity index (χ0v) is 11.3. The third kappa shape index (κ3) is 2.27. The molecule has 1 amide bonds. The molecule has 1 aliphatic rings. The number of amides is 1. The molecule has 1 fully saturated rings. The van der Waals surface area contributed by atoms with Crippen LogP contribution in [-0.2, 0) is 4.74 Å². The van der Waals surface area contributed by atoms with Gasteiger partial charge in [-0.2, -0.15) is 0 Å². The fourth-order valence-electron chi connectivity index (χ4n) is 2.40. The highest BCUT2D eigenvalue weighted by atomic mass is 19.1. The molecule has 0 aliphatic carbocycles. The molecule has 20 heavy (non-hydrogen) atoms. The third-order valence-corrected chi connectivity index (χ3v) is 3.69. The summed E-state index contributed by atoms with van der Waals surface area (Å²) in [5.74, 6) is -0.481. The zero-order valence-electron chi connectivity index (χ0n) is 11.3. The number of benzene rings is 2. The molecule has 0 aromatic heterocycles. The summed E-state index contributed by atoms with van der Waals surface area (Å²) in [5.41, 5.74) is 0.525. The van der Waals surface area contributed by atoms with Crippen molar-refractivity contribution >= 4 is 16.7 Å². The predicted molar refractivity (Wildman–Crippen MR) is 75.2 cm³/mol. The number of halogens is 1. The van der Waals surface area contributed by atoms with E-state index in [1.54, 1.807) is 24.3 Å². The smallest absolute Gasteiger partial charge is 0.251 e. The van der Waals surface area contributed by atoms with Crippen molar-refractivity contribution in [1.82, 2.24) is 5.32 Å². The number of nitrogens with one attached hydrogen (secondary N) is 1. The van der Waals surface area contributed by atoms with Gasteiger partial charge in [-0.3, -0.25) is 4.79 Å². The zero-order chi connectivity index (χ0) is 14.2. The van der Waals surface area contributed by atoms with E-state index >= 15 is 0 Å². The minimum Gasteiger partial charge on any atom is -0.380 e. The fourth-order valence-corrected chi connectivity index (χ4v) is 2.40. The molecule has 0 saturated carbocycles.